The van der Waals surface area contributed by atoms with Crippen LogP contribution < -0.4 is 5.32 Å². The largest absolute Gasteiger partial charge is 0.462 e. The Kier molecular flexibility index (Phi) is 6.52. The van der Waals surface area contributed by atoms with Gasteiger partial charge in [0.15, 0.2) is 0 Å². The van der Waals surface area contributed by atoms with Crippen LogP contribution in [-0.2, 0) is 16.0 Å². The number of anilines is 1. The van der Waals surface area contributed by atoms with Gasteiger partial charge >= 0.3 is 11.9 Å². The molecule has 25 heavy (non-hydrogen) atoms. The summed E-state index contributed by atoms with van der Waals surface area (Å²) in [5.74, 6) is -1.36. The van der Waals surface area contributed by atoms with Gasteiger partial charge in [0.2, 0.25) is 0 Å². The predicted molar refractivity (Wildman–Crippen MR) is 94.7 cm³/mol. The molecule has 5 nitrogen and oxygen atoms in total. The molecule has 0 saturated heterocycles. The summed E-state index contributed by atoms with van der Waals surface area (Å²) in [5, 5.41) is 3.50. The number of halogens is 1. The molecule has 0 atom stereocenters. The lowest BCUT2D eigenvalue weighted by atomic mass is 10.1. The van der Waals surface area contributed by atoms with Crippen LogP contribution in [0.2, 0.25) is 0 Å². The molecule has 1 N–H and O–H groups in total. The van der Waals surface area contributed by atoms with Crippen LogP contribution in [0.1, 0.15) is 45.0 Å². The first kappa shape index (κ1) is 18.9. The molecule has 1 aromatic heterocycles. The molecule has 1 aromatic carbocycles. The third kappa shape index (κ3) is 4.36. The van der Waals surface area contributed by atoms with Crippen molar-refractivity contribution in [3.63, 3.8) is 0 Å². The lowest BCUT2D eigenvalue weighted by Gasteiger charge is -2.08. The van der Waals surface area contributed by atoms with Crippen molar-refractivity contribution in [1.29, 1.82) is 0 Å². The summed E-state index contributed by atoms with van der Waals surface area (Å²) in [6.45, 7) is 5.73. The molecule has 0 bridgehead atoms. The van der Waals surface area contributed by atoms with Crippen LogP contribution in [-0.4, -0.2) is 25.2 Å². The number of benzene rings is 1. The van der Waals surface area contributed by atoms with E-state index in [4.69, 9.17) is 9.47 Å². The zero-order valence-corrected chi connectivity index (χ0v) is 15.2. The van der Waals surface area contributed by atoms with Crippen molar-refractivity contribution < 1.29 is 23.5 Å². The van der Waals surface area contributed by atoms with E-state index >= 15 is 0 Å². The second kappa shape index (κ2) is 8.62. The highest BCUT2D eigenvalue weighted by atomic mass is 32.1. The molecule has 0 amide bonds. The van der Waals surface area contributed by atoms with Crippen molar-refractivity contribution in [2.75, 3.05) is 18.5 Å². The van der Waals surface area contributed by atoms with Crippen molar-refractivity contribution in [2.45, 2.75) is 27.3 Å². The minimum atomic E-state index is -0.525. The first-order valence-electron chi connectivity index (χ1n) is 7.94. The Bertz CT molecular complexity index is 772. The third-order valence-corrected chi connectivity index (χ3v) is 4.71. The van der Waals surface area contributed by atoms with E-state index < -0.39 is 11.9 Å². The van der Waals surface area contributed by atoms with Crippen LogP contribution in [0.25, 0.3) is 0 Å². The van der Waals surface area contributed by atoms with E-state index in [-0.39, 0.29) is 31.1 Å². The van der Waals surface area contributed by atoms with Crippen LogP contribution >= 0.6 is 11.3 Å². The number of hydrogen-bond donors (Lipinski definition) is 1. The number of esters is 2. The minimum absolute atomic E-state index is 0.182. The third-order valence-electron chi connectivity index (χ3n) is 3.48. The maximum Gasteiger partial charge on any atom is 0.348 e. The molecule has 7 heteroatoms. The van der Waals surface area contributed by atoms with Crippen LogP contribution in [0.15, 0.2) is 24.3 Å². The lowest BCUT2D eigenvalue weighted by molar-refractivity contribution is 0.0527. The van der Waals surface area contributed by atoms with Crippen LogP contribution in [0.5, 0.6) is 0 Å². The summed E-state index contributed by atoms with van der Waals surface area (Å²) in [4.78, 5) is 24.7. The quantitative estimate of drug-likeness (QED) is 0.747. The molecule has 0 saturated carbocycles. The average Bonchev–Trinajstić information content (AvgIpc) is 2.91. The zero-order valence-electron chi connectivity index (χ0n) is 14.3. The van der Waals surface area contributed by atoms with Gasteiger partial charge in [0, 0.05) is 12.1 Å². The number of thiophene rings is 1. The summed E-state index contributed by atoms with van der Waals surface area (Å²) in [6.07, 6.45) is 0. The number of carbonyl (C=O) groups excluding carboxylic acids is 2. The van der Waals surface area contributed by atoms with Gasteiger partial charge in [-0.25, -0.2) is 14.0 Å². The molecule has 0 aliphatic heterocycles. The second-order valence-electron chi connectivity index (χ2n) is 5.15. The molecule has 134 valence electrons. The number of nitrogens with one attached hydrogen (secondary N) is 1. The van der Waals surface area contributed by atoms with Crippen LogP contribution in [0, 0.1) is 12.7 Å². The summed E-state index contributed by atoms with van der Waals surface area (Å²) in [6, 6.07) is 6.36. The second-order valence-corrected chi connectivity index (χ2v) is 6.17. The molecular formula is C18H20FNO4S. The van der Waals surface area contributed by atoms with Crippen molar-refractivity contribution in [3.05, 3.63) is 51.7 Å². The van der Waals surface area contributed by atoms with Gasteiger partial charge in [0.25, 0.3) is 0 Å². The molecule has 0 aliphatic rings. The first-order chi connectivity index (χ1) is 12.0. The Morgan fingerprint density at radius 1 is 1.12 bits per heavy atom. The maximum atomic E-state index is 13.8. The summed E-state index contributed by atoms with van der Waals surface area (Å²) in [5.41, 5.74) is 1.24. The number of carbonyl (C=O) groups is 2. The Labute approximate surface area is 149 Å². The Morgan fingerprint density at radius 3 is 2.40 bits per heavy atom. The highest BCUT2D eigenvalue weighted by molar-refractivity contribution is 7.18. The molecular weight excluding hydrogens is 345 g/mol. The molecule has 0 radical (unpaired) electrons. The Hall–Kier alpha value is -2.41. The van der Waals surface area contributed by atoms with Gasteiger partial charge in [-0.2, -0.15) is 0 Å². The van der Waals surface area contributed by atoms with E-state index in [0.29, 0.717) is 21.0 Å². The van der Waals surface area contributed by atoms with Gasteiger partial charge < -0.3 is 14.8 Å². The van der Waals surface area contributed by atoms with E-state index in [1.165, 1.54) is 6.07 Å². The summed E-state index contributed by atoms with van der Waals surface area (Å²) in [7, 11) is 0. The van der Waals surface area contributed by atoms with Crippen molar-refractivity contribution in [1.82, 2.24) is 0 Å². The molecule has 0 unspecified atom stereocenters. The first-order valence-corrected chi connectivity index (χ1v) is 8.76. The van der Waals surface area contributed by atoms with Gasteiger partial charge in [-0.1, -0.05) is 18.2 Å². The van der Waals surface area contributed by atoms with Gasteiger partial charge in [-0.3, -0.25) is 0 Å². The van der Waals surface area contributed by atoms with E-state index in [1.807, 2.05) is 0 Å². The van der Waals surface area contributed by atoms with E-state index in [2.05, 4.69) is 5.32 Å². The van der Waals surface area contributed by atoms with Crippen molar-refractivity contribution in [3.8, 4) is 0 Å². The normalized spacial score (nSPS) is 10.4. The van der Waals surface area contributed by atoms with Gasteiger partial charge in [0.05, 0.1) is 18.8 Å². The maximum absolute atomic E-state index is 13.8. The van der Waals surface area contributed by atoms with Crippen molar-refractivity contribution >= 4 is 28.3 Å². The smallest absolute Gasteiger partial charge is 0.348 e. The average molecular weight is 365 g/mol. The topological polar surface area (TPSA) is 64.6 Å². The molecule has 2 rings (SSSR count). The van der Waals surface area contributed by atoms with Gasteiger partial charge in [-0.05, 0) is 32.4 Å². The zero-order chi connectivity index (χ0) is 18.4. The summed E-state index contributed by atoms with van der Waals surface area (Å²) >= 11 is 1.10. The molecule has 0 fully saturated rings. The molecule has 0 aliphatic carbocycles. The monoisotopic (exact) mass is 365 g/mol. The number of ether oxygens (including phenoxy) is 2. The molecule has 2 aromatic rings. The van der Waals surface area contributed by atoms with Crippen molar-refractivity contribution in [2.24, 2.45) is 0 Å². The lowest BCUT2D eigenvalue weighted by Crippen LogP contribution is -2.10. The fourth-order valence-corrected chi connectivity index (χ4v) is 3.38. The predicted octanol–water partition coefficient (Wildman–Crippen LogP) is 4.16. The van der Waals surface area contributed by atoms with E-state index in [9.17, 15) is 14.0 Å². The number of rotatable bonds is 7. The van der Waals surface area contributed by atoms with Gasteiger partial charge in [0.1, 0.15) is 15.7 Å². The Morgan fingerprint density at radius 2 is 1.76 bits per heavy atom. The van der Waals surface area contributed by atoms with Gasteiger partial charge in [-0.15, -0.1) is 11.3 Å². The van der Waals surface area contributed by atoms with Crippen LogP contribution in [0.4, 0.5) is 9.39 Å². The fraction of sp³-hybridized carbons (Fsp3) is 0.333. The number of hydrogen-bond acceptors (Lipinski definition) is 6. The highest BCUT2D eigenvalue weighted by Gasteiger charge is 2.26. The fourth-order valence-electron chi connectivity index (χ4n) is 2.30. The van der Waals surface area contributed by atoms with Crippen LogP contribution in [0.3, 0.4) is 0 Å². The van der Waals surface area contributed by atoms with E-state index in [1.54, 1.807) is 39.0 Å². The summed E-state index contributed by atoms with van der Waals surface area (Å²) < 4.78 is 23.9. The molecule has 1 heterocycles. The SMILES string of the molecule is CCOC(=O)c1sc(NCc2ccccc2F)c(C(=O)OCC)c1C. The minimum Gasteiger partial charge on any atom is -0.462 e. The van der Waals surface area contributed by atoms with E-state index in [0.717, 1.165) is 11.3 Å². The standard InChI is InChI=1S/C18H20FNO4S/c1-4-23-17(21)14-11(3)15(18(22)24-5-2)25-16(14)20-10-12-8-6-7-9-13(12)19/h6-9,20H,4-5,10H2,1-3H3. The Balaban J connectivity index is 2.34. The highest BCUT2D eigenvalue weighted by Crippen LogP contribution is 2.34. The molecule has 0 spiro atoms.